The zero-order chi connectivity index (χ0) is 14.2. The Morgan fingerprint density at radius 3 is 2.60 bits per heavy atom. The minimum atomic E-state index is -2.99. The fourth-order valence-corrected chi connectivity index (χ4v) is 4.89. The van der Waals surface area contributed by atoms with Gasteiger partial charge in [-0.15, -0.1) is 0 Å². The molecule has 110 valence electrons. The van der Waals surface area contributed by atoms with Crippen molar-refractivity contribution in [3.8, 4) is 0 Å². The number of aromatic nitrogens is 2. The van der Waals surface area contributed by atoms with Gasteiger partial charge in [0.1, 0.15) is 0 Å². The van der Waals surface area contributed by atoms with Crippen molar-refractivity contribution in [3.05, 3.63) is 18.0 Å². The number of aromatic amines is 1. The van der Waals surface area contributed by atoms with Crippen LogP contribution in [0.25, 0.3) is 0 Å². The van der Waals surface area contributed by atoms with E-state index in [1.54, 1.807) is 6.20 Å². The van der Waals surface area contributed by atoms with Crippen LogP contribution in [0.4, 0.5) is 0 Å². The average molecular weight is 297 g/mol. The Morgan fingerprint density at radius 2 is 2.05 bits per heavy atom. The predicted octanol–water partition coefficient (Wildman–Crippen LogP) is 0.550. The van der Waals surface area contributed by atoms with Crippen molar-refractivity contribution in [3.63, 3.8) is 0 Å². The molecule has 0 radical (unpaired) electrons. The minimum absolute atomic E-state index is 0.0223. The predicted molar refractivity (Wildman–Crippen MR) is 73.9 cm³/mol. The molecule has 3 heterocycles. The Hall–Kier alpha value is -1.37. The Morgan fingerprint density at radius 1 is 1.30 bits per heavy atom. The number of amides is 1. The second-order valence-electron chi connectivity index (χ2n) is 5.71. The molecule has 2 saturated heterocycles. The molecule has 1 N–H and O–H groups in total. The zero-order valence-electron chi connectivity index (χ0n) is 11.3. The van der Waals surface area contributed by atoms with E-state index in [1.807, 2.05) is 11.0 Å². The Balaban J connectivity index is 1.57. The SMILES string of the molecule is O=C([C@@H]1CCS(=O)(=O)C1)N1CCC(c2ccn[nH]2)CC1. The number of rotatable bonds is 2. The van der Waals surface area contributed by atoms with Gasteiger partial charge in [0.05, 0.1) is 17.4 Å². The van der Waals surface area contributed by atoms with Gasteiger partial charge in [-0.05, 0) is 25.3 Å². The molecule has 20 heavy (non-hydrogen) atoms. The molecular formula is C13H19N3O3S. The summed E-state index contributed by atoms with van der Waals surface area (Å²) in [6, 6.07) is 1.98. The van der Waals surface area contributed by atoms with Crippen molar-refractivity contribution >= 4 is 15.7 Å². The van der Waals surface area contributed by atoms with Crippen LogP contribution in [-0.4, -0.2) is 54.0 Å². The number of sulfone groups is 1. The molecule has 0 spiro atoms. The molecule has 0 aromatic carbocycles. The second kappa shape index (κ2) is 5.20. The fraction of sp³-hybridized carbons (Fsp3) is 0.692. The number of hydrogen-bond acceptors (Lipinski definition) is 4. The number of piperidine rings is 1. The summed E-state index contributed by atoms with van der Waals surface area (Å²) in [4.78, 5) is 14.2. The first-order valence-electron chi connectivity index (χ1n) is 7.04. The highest BCUT2D eigenvalue weighted by Gasteiger charge is 2.36. The van der Waals surface area contributed by atoms with Crippen molar-refractivity contribution in [1.29, 1.82) is 0 Å². The lowest BCUT2D eigenvalue weighted by molar-refractivity contribution is -0.135. The maximum atomic E-state index is 12.3. The highest BCUT2D eigenvalue weighted by molar-refractivity contribution is 7.91. The molecule has 2 aliphatic rings. The number of carbonyl (C=O) groups excluding carboxylic acids is 1. The first kappa shape index (κ1) is 13.6. The van der Waals surface area contributed by atoms with Crippen LogP contribution >= 0.6 is 0 Å². The largest absolute Gasteiger partial charge is 0.342 e. The molecule has 1 amide bonds. The third-order valence-corrected chi connectivity index (χ3v) is 6.12. The van der Waals surface area contributed by atoms with Crippen molar-refractivity contribution in [2.75, 3.05) is 24.6 Å². The van der Waals surface area contributed by atoms with Gasteiger partial charge in [0.25, 0.3) is 0 Å². The summed E-state index contributed by atoms with van der Waals surface area (Å²) in [6.07, 6.45) is 4.05. The van der Waals surface area contributed by atoms with Gasteiger partial charge >= 0.3 is 0 Å². The summed E-state index contributed by atoms with van der Waals surface area (Å²) in [7, 11) is -2.99. The van der Waals surface area contributed by atoms with Gasteiger partial charge in [-0.2, -0.15) is 5.10 Å². The second-order valence-corrected chi connectivity index (χ2v) is 7.94. The topological polar surface area (TPSA) is 83.1 Å². The fourth-order valence-electron chi connectivity index (χ4n) is 3.15. The van der Waals surface area contributed by atoms with Crippen LogP contribution in [0, 0.1) is 5.92 Å². The highest BCUT2D eigenvalue weighted by Crippen LogP contribution is 2.28. The molecule has 0 unspecified atom stereocenters. The number of hydrogen-bond donors (Lipinski definition) is 1. The van der Waals surface area contributed by atoms with Crippen LogP contribution in [0.15, 0.2) is 12.3 Å². The Kier molecular flexibility index (Phi) is 3.54. The van der Waals surface area contributed by atoms with Gasteiger partial charge in [-0.25, -0.2) is 8.42 Å². The lowest BCUT2D eigenvalue weighted by Gasteiger charge is -2.33. The van der Waals surface area contributed by atoms with Crippen molar-refractivity contribution in [2.24, 2.45) is 5.92 Å². The van der Waals surface area contributed by atoms with Gasteiger partial charge in [0, 0.05) is 30.9 Å². The van der Waals surface area contributed by atoms with E-state index in [0.717, 1.165) is 18.5 Å². The van der Waals surface area contributed by atoms with Gasteiger partial charge < -0.3 is 4.90 Å². The number of likely N-dealkylation sites (tertiary alicyclic amines) is 1. The molecule has 1 aromatic heterocycles. The number of nitrogens with one attached hydrogen (secondary N) is 1. The molecule has 0 bridgehead atoms. The van der Waals surface area contributed by atoms with Crippen LogP contribution in [0.3, 0.4) is 0 Å². The van der Waals surface area contributed by atoms with Crippen molar-refractivity contribution in [1.82, 2.24) is 15.1 Å². The standard InChI is InChI=1S/C13H19N3O3S/c17-13(11-4-8-20(18,19)9-11)16-6-2-10(3-7-16)12-1-5-14-15-12/h1,5,10-11H,2-4,6-9H2,(H,14,15)/t11-/m1/s1. The molecule has 0 aliphatic carbocycles. The van der Waals surface area contributed by atoms with Crippen LogP contribution < -0.4 is 0 Å². The van der Waals surface area contributed by atoms with E-state index in [0.29, 0.717) is 25.4 Å². The summed E-state index contributed by atoms with van der Waals surface area (Å²) < 4.78 is 22.9. The molecule has 0 saturated carbocycles. The zero-order valence-corrected chi connectivity index (χ0v) is 12.1. The average Bonchev–Trinajstić information content (AvgIpc) is 3.07. The van der Waals surface area contributed by atoms with E-state index in [9.17, 15) is 13.2 Å². The lowest BCUT2D eigenvalue weighted by Crippen LogP contribution is -2.41. The van der Waals surface area contributed by atoms with Crippen molar-refractivity contribution < 1.29 is 13.2 Å². The summed E-state index contributed by atoms with van der Waals surface area (Å²) in [5.74, 6) is 0.326. The van der Waals surface area contributed by atoms with E-state index in [4.69, 9.17) is 0 Å². The maximum absolute atomic E-state index is 12.3. The van der Waals surface area contributed by atoms with Crippen LogP contribution in [0.2, 0.25) is 0 Å². The van der Waals surface area contributed by atoms with E-state index in [-0.39, 0.29) is 23.3 Å². The first-order valence-corrected chi connectivity index (χ1v) is 8.86. The summed E-state index contributed by atoms with van der Waals surface area (Å²) in [6.45, 7) is 1.41. The molecule has 7 heteroatoms. The maximum Gasteiger partial charge on any atom is 0.226 e. The highest BCUT2D eigenvalue weighted by atomic mass is 32.2. The van der Waals surface area contributed by atoms with Gasteiger partial charge in [-0.3, -0.25) is 9.89 Å². The van der Waals surface area contributed by atoms with Crippen LogP contribution in [0.1, 0.15) is 30.9 Å². The molecule has 1 atom stereocenters. The van der Waals surface area contributed by atoms with E-state index < -0.39 is 9.84 Å². The van der Waals surface area contributed by atoms with Gasteiger partial charge in [0.2, 0.25) is 5.91 Å². The summed E-state index contributed by atoms with van der Waals surface area (Å²) >= 11 is 0. The van der Waals surface area contributed by atoms with Crippen LogP contribution in [0.5, 0.6) is 0 Å². The Labute approximate surface area is 118 Å². The van der Waals surface area contributed by atoms with Gasteiger partial charge in [-0.1, -0.05) is 0 Å². The third-order valence-electron chi connectivity index (χ3n) is 4.35. The van der Waals surface area contributed by atoms with E-state index in [2.05, 4.69) is 10.2 Å². The molecular weight excluding hydrogens is 278 g/mol. The Bertz CT molecular complexity index is 574. The smallest absolute Gasteiger partial charge is 0.226 e. The monoisotopic (exact) mass is 297 g/mol. The van der Waals surface area contributed by atoms with E-state index >= 15 is 0 Å². The summed E-state index contributed by atoms with van der Waals surface area (Å²) in [5, 5.41) is 6.94. The lowest BCUT2D eigenvalue weighted by atomic mass is 9.93. The molecule has 3 rings (SSSR count). The quantitative estimate of drug-likeness (QED) is 0.864. The van der Waals surface area contributed by atoms with Crippen LogP contribution in [-0.2, 0) is 14.6 Å². The number of carbonyl (C=O) groups is 1. The van der Waals surface area contributed by atoms with E-state index in [1.165, 1.54) is 0 Å². The number of H-pyrrole nitrogens is 1. The molecule has 2 fully saturated rings. The summed E-state index contributed by atoms with van der Waals surface area (Å²) in [5.41, 5.74) is 1.13. The first-order chi connectivity index (χ1) is 9.55. The molecule has 6 nitrogen and oxygen atoms in total. The van der Waals surface area contributed by atoms with Crippen molar-refractivity contribution in [2.45, 2.75) is 25.2 Å². The minimum Gasteiger partial charge on any atom is -0.342 e. The number of nitrogens with zero attached hydrogens (tertiary/aromatic N) is 2. The molecule has 1 aromatic rings. The third kappa shape index (κ3) is 2.72. The normalized spacial score (nSPS) is 26.8. The molecule has 2 aliphatic heterocycles. The van der Waals surface area contributed by atoms with Gasteiger partial charge in [0.15, 0.2) is 9.84 Å².